The van der Waals surface area contributed by atoms with Crippen molar-refractivity contribution in [1.29, 1.82) is 0 Å². The lowest BCUT2D eigenvalue weighted by Crippen LogP contribution is -2.26. The third-order valence-electron chi connectivity index (χ3n) is 2.42. The molecule has 102 valence electrons. The average Bonchev–Trinajstić information content (AvgIpc) is 2.29. The van der Waals surface area contributed by atoms with Crippen LogP contribution in [0.5, 0.6) is 0 Å². The molecule has 1 heterocycles. The molecule has 0 aromatic carbocycles. The Balaban J connectivity index is 2.84. The van der Waals surface area contributed by atoms with Gasteiger partial charge in [0, 0.05) is 19.3 Å². The number of pyridine rings is 1. The fourth-order valence-electron chi connectivity index (χ4n) is 1.47. The molecule has 6 heteroatoms. The minimum atomic E-state index is -3.48. The van der Waals surface area contributed by atoms with E-state index in [2.05, 4.69) is 28.9 Å². The van der Waals surface area contributed by atoms with Crippen molar-refractivity contribution in [1.82, 2.24) is 9.71 Å². The Hall–Kier alpha value is -1.14. The molecule has 0 aliphatic heterocycles. The highest BCUT2D eigenvalue weighted by atomic mass is 32.2. The number of anilines is 1. The van der Waals surface area contributed by atoms with Crippen LogP contribution >= 0.6 is 0 Å². The molecule has 1 aromatic rings. The van der Waals surface area contributed by atoms with Gasteiger partial charge in [-0.2, -0.15) is 0 Å². The van der Waals surface area contributed by atoms with Crippen molar-refractivity contribution in [3.63, 3.8) is 0 Å². The lowest BCUT2D eigenvalue weighted by atomic mass is 10.1. The van der Waals surface area contributed by atoms with Gasteiger partial charge < -0.3 is 5.32 Å². The maximum Gasteiger partial charge on any atom is 0.244 e. The Morgan fingerprint density at radius 1 is 1.39 bits per heavy atom. The lowest BCUT2D eigenvalue weighted by Gasteiger charge is -2.11. The predicted molar refractivity (Wildman–Crippen MR) is 73.0 cm³/mol. The van der Waals surface area contributed by atoms with Gasteiger partial charge in [0.05, 0.1) is 0 Å². The van der Waals surface area contributed by atoms with E-state index < -0.39 is 10.0 Å². The number of hydrogen-bond donors (Lipinski definition) is 2. The average molecular weight is 271 g/mol. The Labute approximate surface area is 109 Å². The first-order valence-electron chi connectivity index (χ1n) is 6.16. The second-order valence-electron chi connectivity index (χ2n) is 4.46. The lowest BCUT2D eigenvalue weighted by molar-refractivity contribution is 0.551. The van der Waals surface area contributed by atoms with Crippen LogP contribution in [0.15, 0.2) is 23.2 Å². The zero-order valence-corrected chi connectivity index (χ0v) is 11.9. The monoisotopic (exact) mass is 271 g/mol. The summed E-state index contributed by atoms with van der Waals surface area (Å²) in [5.41, 5.74) is 0. The van der Waals surface area contributed by atoms with Crippen LogP contribution in [0.1, 0.15) is 27.2 Å². The topological polar surface area (TPSA) is 71.1 Å². The van der Waals surface area contributed by atoms with Gasteiger partial charge in [-0.1, -0.05) is 13.8 Å². The van der Waals surface area contributed by atoms with Crippen molar-refractivity contribution in [2.45, 2.75) is 32.1 Å². The van der Waals surface area contributed by atoms with E-state index in [1.807, 2.05) is 6.92 Å². The van der Waals surface area contributed by atoms with Gasteiger partial charge in [-0.05, 0) is 31.4 Å². The molecule has 0 spiro atoms. The molecular weight excluding hydrogens is 250 g/mol. The largest absolute Gasteiger partial charge is 0.369 e. The number of nitrogens with zero attached hydrogens (tertiary/aromatic N) is 1. The summed E-state index contributed by atoms with van der Waals surface area (Å²) in [5.74, 6) is 0.867. The number of nitrogens with one attached hydrogen (secondary N) is 2. The van der Waals surface area contributed by atoms with Gasteiger partial charge in [0.15, 0.2) is 0 Å². The van der Waals surface area contributed by atoms with E-state index in [9.17, 15) is 8.42 Å². The third kappa shape index (κ3) is 4.27. The minimum Gasteiger partial charge on any atom is -0.369 e. The molecule has 0 aliphatic rings. The Kier molecular flexibility index (Phi) is 5.55. The number of aromatic nitrogens is 1. The van der Waals surface area contributed by atoms with Crippen molar-refractivity contribution in [3.05, 3.63) is 18.3 Å². The molecular formula is C12H21N3O2S. The van der Waals surface area contributed by atoms with Gasteiger partial charge in [-0.15, -0.1) is 0 Å². The van der Waals surface area contributed by atoms with Gasteiger partial charge in [0.25, 0.3) is 0 Å². The summed E-state index contributed by atoms with van der Waals surface area (Å²) < 4.78 is 26.8. The van der Waals surface area contributed by atoms with E-state index in [0.717, 1.165) is 6.42 Å². The van der Waals surface area contributed by atoms with Crippen LogP contribution < -0.4 is 10.0 Å². The van der Waals surface area contributed by atoms with Crippen molar-refractivity contribution in [2.75, 3.05) is 18.4 Å². The fraction of sp³-hybridized carbons (Fsp3) is 0.583. The molecule has 0 saturated carbocycles. The van der Waals surface area contributed by atoms with Gasteiger partial charge in [0.2, 0.25) is 10.0 Å². The number of sulfonamides is 1. The van der Waals surface area contributed by atoms with Crippen molar-refractivity contribution >= 4 is 15.8 Å². The van der Waals surface area contributed by atoms with Crippen LogP contribution in [0.3, 0.4) is 0 Å². The van der Waals surface area contributed by atoms with Crippen LogP contribution in [-0.2, 0) is 10.0 Å². The zero-order valence-electron chi connectivity index (χ0n) is 11.1. The molecule has 18 heavy (non-hydrogen) atoms. The van der Waals surface area contributed by atoms with E-state index in [-0.39, 0.29) is 4.90 Å². The highest BCUT2D eigenvalue weighted by Gasteiger charge is 2.18. The first-order chi connectivity index (χ1) is 8.47. The summed E-state index contributed by atoms with van der Waals surface area (Å²) in [6, 6.07) is 3.18. The van der Waals surface area contributed by atoms with Crippen LogP contribution in [0.25, 0.3) is 0 Å². The molecule has 5 nitrogen and oxygen atoms in total. The molecule has 0 amide bonds. The molecule has 0 unspecified atom stereocenters. The second kappa shape index (κ2) is 6.70. The zero-order chi connectivity index (χ0) is 13.6. The van der Waals surface area contributed by atoms with Crippen LogP contribution in [-0.4, -0.2) is 26.5 Å². The summed E-state index contributed by atoms with van der Waals surface area (Å²) in [4.78, 5) is 4.25. The van der Waals surface area contributed by atoms with Crippen molar-refractivity contribution in [3.8, 4) is 0 Å². The summed E-state index contributed by atoms with van der Waals surface area (Å²) in [6.07, 6.45) is 2.39. The second-order valence-corrected chi connectivity index (χ2v) is 6.20. The van der Waals surface area contributed by atoms with Gasteiger partial charge in [-0.3, -0.25) is 0 Å². The quantitative estimate of drug-likeness (QED) is 0.794. The summed E-state index contributed by atoms with van der Waals surface area (Å²) >= 11 is 0. The van der Waals surface area contributed by atoms with E-state index in [0.29, 0.717) is 24.8 Å². The molecule has 1 aromatic heterocycles. The minimum absolute atomic E-state index is 0.204. The Bertz CT molecular complexity index is 472. The summed E-state index contributed by atoms with van der Waals surface area (Å²) in [6.45, 7) is 7.09. The third-order valence-corrected chi connectivity index (χ3v) is 3.91. The maximum atomic E-state index is 12.1. The molecule has 0 aliphatic carbocycles. The van der Waals surface area contributed by atoms with Crippen LogP contribution in [0.2, 0.25) is 0 Å². The van der Waals surface area contributed by atoms with Crippen molar-refractivity contribution < 1.29 is 8.42 Å². The number of rotatable bonds is 7. The molecule has 0 fully saturated rings. The summed E-state index contributed by atoms with van der Waals surface area (Å²) in [5, 5.41) is 2.95. The van der Waals surface area contributed by atoms with Gasteiger partial charge in [0.1, 0.15) is 10.7 Å². The molecule has 0 saturated heterocycles. The molecule has 0 bridgehead atoms. The Morgan fingerprint density at radius 2 is 2.11 bits per heavy atom. The first-order valence-corrected chi connectivity index (χ1v) is 7.64. The van der Waals surface area contributed by atoms with E-state index in [4.69, 9.17) is 0 Å². The predicted octanol–water partition coefficient (Wildman–Crippen LogP) is 1.84. The molecule has 1 rings (SSSR count). The smallest absolute Gasteiger partial charge is 0.244 e. The Morgan fingerprint density at radius 3 is 2.72 bits per heavy atom. The SMILES string of the molecule is CCNc1ncccc1S(=O)(=O)NCCC(C)C. The maximum absolute atomic E-state index is 12.1. The highest BCUT2D eigenvalue weighted by molar-refractivity contribution is 7.89. The first kappa shape index (κ1) is 14.9. The van der Waals surface area contributed by atoms with E-state index in [1.54, 1.807) is 18.3 Å². The molecule has 2 N–H and O–H groups in total. The van der Waals surface area contributed by atoms with Gasteiger partial charge in [-0.25, -0.2) is 18.1 Å². The molecule has 0 radical (unpaired) electrons. The van der Waals surface area contributed by atoms with Crippen LogP contribution in [0, 0.1) is 5.92 Å². The number of hydrogen-bond acceptors (Lipinski definition) is 4. The standard InChI is InChI=1S/C12H21N3O2S/c1-4-13-12-11(6-5-8-14-12)18(16,17)15-9-7-10(2)3/h5-6,8,10,15H,4,7,9H2,1-3H3,(H,13,14). The summed E-state index contributed by atoms with van der Waals surface area (Å²) in [7, 11) is -3.48. The van der Waals surface area contributed by atoms with E-state index >= 15 is 0 Å². The van der Waals surface area contributed by atoms with Gasteiger partial charge >= 0.3 is 0 Å². The van der Waals surface area contributed by atoms with E-state index in [1.165, 1.54) is 0 Å². The van der Waals surface area contributed by atoms with Crippen molar-refractivity contribution in [2.24, 2.45) is 5.92 Å². The van der Waals surface area contributed by atoms with Crippen LogP contribution in [0.4, 0.5) is 5.82 Å². The highest BCUT2D eigenvalue weighted by Crippen LogP contribution is 2.17. The molecule has 0 atom stereocenters. The normalized spacial score (nSPS) is 11.8. The fourth-order valence-corrected chi connectivity index (χ4v) is 2.65.